The molecule has 33 heavy (non-hydrogen) atoms. The lowest BCUT2D eigenvalue weighted by atomic mass is 10.1. The average Bonchev–Trinajstić information content (AvgIpc) is 2.79. The highest BCUT2D eigenvalue weighted by Crippen LogP contribution is 2.25. The van der Waals surface area contributed by atoms with Gasteiger partial charge < -0.3 is 16.0 Å². The van der Waals surface area contributed by atoms with Crippen LogP contribution < -0.4 is 16.0 Å². The van der Waals surface area contributed by atoms with Crippen LogP contribution in [0.25, 0.3) is 0 Å². The molecule has 0 aromatic heterocycles. The first-order valence-electron chi connectivity index (χ1n) is 9.38. The number of halogens is 2. The van der Waals surface area contributed by atoms with Crippen LogP contribution in [0, 0.1) is 15.9 Å². The average molecular weight is 471 g/mol. The van der Waals surface area contributed by atoms with Crippen LogP contribution in [0.3, 0.4) is 0 Å². The molecule has 3 rings (SSSR count). The van der Waals surface area contributed by atoms with E-state index < -0.39 is 28.5 Å². The maximum Gasteiger partial charge on any atom is 0.270 e. The smallest absolute Gasteiger partial charge is 0.270 e. The monoisotopic (exact) mass is 470 g/mol. The Hall–Kier alpha value is -4.31. The molecule has 3 aromatic carbocycles. The van der Waals surface area contributed by atoms with Crippen molar-refractivity contribution in [2.24, 2.45) is 0 Å². The lowest BCUT2D eigenvalue weighted by molar-refractivity contribution is -0.384. The predicted octanol–water partition coefficient (Wildman–Crippen LogP) is 4.25. The Morgan fingerprint density at radius 1 is 0.879 bits per heavy atom. The van der Waals surface area contributed by atoms with Crippen molar-refractivity contribution in [2.45, 2.75) is 0 Å². The molecule has 0 atom stereocenters. The Kier molecular flexibility index (Phi) is 6.99. The largest absolute Gasteiger partial charge is 0.355 e. The molecule has 0 aliphatic heterocycles. The topological polar surface area (TPSA) is 130 Å². The fourth-order valence-corrected chi connectivity index (χ4v) is 3.15. The van der Waals surface area contributed by atoms with Crippen LogP contribution in [0.4, 0.5) is 21.5 Å². The number of benzene rings is 3. The van der Waals surface area contributed by atoms with Gasteiger partial charge >= 0.3 is 0 Å². The van der Waals surface area contributed by atoms with Crippen molar-refractivity contribution >= 4 is 46.4 Å². The van der Waals surface area contributed by atoms with E-state index in [2.05, 4.69) is 16.0 Å². The van der Waals surface area contributed by atoms with Crippen LogP contribution >= 0.6 is 11.6 Å². The second-order valence-electron chi connectivity index (χ2n) is 6.65. The summed E-state index contributed by atoms with van der Waals surface area (Å²) >= 11 is 6.00. The van der Waals surface area contributed by atoms with Crippen LogP contribution in [0.15, 0.2) is 60.7 Å². The summed E-state index contributed by atoms with van der Waals surface area (Å²) in [6, 6.07) is 13.0. The lowest BCUT2D eigenvalue weighted by Crippen LogP contribution is -2.21. The van der Waals surface area contributed by atoms with Crippen LogP contribution in [-0.4, -0.2) is 29.7 Å². The van der Waals surface area contributed by atoms with Crippen LogP contribution in [0.2, 0.25) is 5.02 Å². The van der Waals surface area contributed by atoms with Gasteiger partial charge in [0.05, 0.1) is 32.3 Å². The van der Waals surface area contributed by atoms with E-state index in [0.29, 0.717) is 0 Å². The van der Waals surface area contributed by atoms with Gasteiger partial charge in [0.2, 0.25) is 0 Å². The third kappa shape index (κ3) is 5.31. The molecule has 9 nitrogen and oxygen atoms in total. The number of non-ortho nitro benzene ring substituents is 1. The molecule has 3 amide bonds. The molecule has 0 saturated carbocycles. The number of nitrogens with zero attached hydrogens (tertiary/aromatic N) is 1. The van der Waals surface area contributed by atoms with Crippen molar-refractivity contribution in [3.8, 4) is 0 Å². The molecular formula is C22H16ClFN4O5. The standard InChI is InChI=1S/C22H16ClFN4O5/c1-25-20(29)16-10-12(6-9-18(16)24)26-22(31)15-4-2-3-5-19(15)27-21(30)14-8-7-13(28(32)33)11-17(14)23/h2-11H,1H3,(H,25,29)(H,26,31)(H,27,30). The van der Waals surface area contributed by atoms with E-state index in [1.54, 1.807) is 12.1 Å². The zero-order chi connectivity index (χ0) is 24.1. The first-order chi connectivity index (χ1) is 15.7. The zero-order valence-corrected chi connectivity index (χ0v) is 17.8. The minimum Gasteiger partial charge on any atom is -0.355 e. The number of nitro groups is 1. The number of carbonyl (C=O) groups excluding carboxylic acids is 3. The van der Waals surface area contributed by atoms with E-state index in [9.17, 15) is 28.9 Å². The zero-order valence-electron chi connectivity index (χ0n) is 17.0. The fourth-order valence-electron chi connectivity index (χ4n) is 2.89. The first kappa shape index (κ1) is 23.4. The number of nitro benzene ring substituents is 1. The third-order valence-corrected chi connectivity index (χ3v) is 4.84. The maximum absolute atomic E-state index is 13.9. The molecule has 0 saturated heterocycles. The van der Waals surface area contributed by atoms with Crippen molar-refractivity contribution in [3.63, 3.8) is 0 Å². The number of amides is 3. The molecule has 0 heterocycles. The van der Waals surface area contributed by atoms with Crippen LogP contribution in [0.5, 0.6) is 0 Å². The molecule has 0 unspecified atom stereocenters. The minimum absolute atomic E-state index is 0.0220. The quantitative estimate of drug-likeness (QED) is 0.366. The second kappa shape index (κ2) is 9.88. The Labute approximate surface area is 191 Å². The number of carbonyl (C=O) groups is 3. The van der Waals surface area contributed by atoms with E-state index >= 15 is 0 Å². The van der Waals surface area contributed by atoms with Gasteiger partial charge in [-0.2, -0.15) is 0 Å². The summed E-state index contributed by atoms with van der Waals surface area (Å²) in [6.45, 7) is 0. The van der Waals surface area contributed by atoms with Crippen molar-refractivity contribution < 1.29 is 23.7 Å². The highest BCUT2D eigenvalue weighted by molar-refractivity contribution is 6.34. The molecule has 3 N–H and O–H groups in total. The van der Waals surface area contributed by atoms with Gasteiger partial charge in [-0.25, -0.2) is 4.39 Å². The van der Waals surface area contributed by atoms with Gasteiger partial charge in [0, 0.05) is 24.9 Å². The van der Waals surface area contributed by atoms with E-state index in [1.165, 1.54) is 37.4 Å². The Morgan fingerprint density at radius 2 is 1.58 bits per heavy atom. The number of hydrogen-bond acceptors (Lipinski definition) is 5. The van der Waals surface area contributed by atoms with Crippen LogP contribution in [0.1, 0.15) is 31.1 Å². The van der Waals surface area contributed by atoms with E-state index in [4.69, 9.17) is 11.6 Å². The second-order valence-corrected chi connectivity index (χ2v) is 7.06. The molecular weight excluding hydrogens is 455 g/mol. The summed E-state index contributed by atoms with van der Waals surface area (Å²) < 4.78 is 13.9. The normalized spacial score (nSPS) is 10.3. The lowest BCUT2D eigenvalue weighted by Gasteiger charge is -2.13. The Balaban J connectivity index is 1.83. The molecule has 168 valence electrons. The summed E-state index contributed by atoms with van der Waals surface area (Å²) in [6.07, 6.45) is 0. The minimum atomic E-state index is -0.750. The maximum atomic E-state index is 13.9. The van der Waals surface area contributed by atoms with Crippen molar-refractivity contribution in [2.75, 3.05) is 17.7 Å². The molecule has 0 spiro atoms. The highest BCUT2D eigenvalue weighted by Gasteiger charge is 2.19. The number of anilines is 2. The predicted molar refractivity (Wildman–Crippen MR) is 120 cm³/mol. The molecule has 0 radical (unpaired) electrons. The van der Waals surface area contributed by atoms with Crippen molar-refractivity contribution in [1.82, 2.24) is 5.32 Å². The van der Waals surface area contributed by atoms with Gasteiger partial charge in [-0.1, -0.05) is 23.7 Å². The number of para-hydroxylation sites is 1. The van der Waals surface area contributed by atoms with E-state index in [-0.39, 0.29) is 38.8 Å². The summed E-state index contributed by atoms with van der Waals surface area (Å²) in [5.41, 5.74) is -0.153. The van der Waals surface area contributed by atoms with Gasteiger partial charge in [0.15, 0.2) is 0 Å². The van der Waals surface area contributed by atoms with Crippen molar-refractivity contribution in [1.29, 1.82) is 0 Å². The summed E-state index contributed by atoms with van der Waals surface area (Å²) in [4.78, 5) is 47.5. The van der Waals surface area contributed by atoms with E-state index in [0.717, 1.165) is 18.2 Å². The number of nitrogens with one attached hydrogen (secondary N) is 3. The molecule has 0 fully saturated rings. The van der Waals surface area contributed by atoms with Gasteiger partial charge in [0.25, 0.3) is 23.4 Å². The van der Waals surface area contributed by atoms with Crippen LogP contribution in [-0.2, 0) is 0 Å². The van der Waals surface area contributed by atoms with Gasteiger partial charge in [-0.05, 0) is 36.4 Å². The molecule has 0 bridgehead atoms. The number of hydrogen-bond donors (Lipinski definition) is 3. The SMILES string of the molecule is CNC(=O)c1cc(NC(=O)c2ccccc2NC(=O)c2ccc([N+](=O)[O-])cc2Cl)ccc1F. The Morgan fingerprint density at radius 3 is 2.24 bits per heavy atom. The molecule has 0 aliphatic carbocycles. The summed E-state index contributed by atoms with van der Waals surface area (Å²) in [7, 11) is 1.35. The molecule has 11 heteroatoms. The van der Waals surface area contributed by atoms with Gasteiger partial charge in [-0.3, -0.25) is 24.5 Å². The number of rotatable bonds is 6. The van der Waals surface area contributed by atoms with Crippen molar-refractivity contribution in [3.05, 3.63) is 98.3 Å². The fraction of sp³-hybridized carbons (Fsp3) is 0.0455. The Bertz CT molecular complexity index is 1280. The summed E-state index contributed by atoms with van der Waals surface area (Å²) in [5, 5.41) is 18.1. The van der Waals surface area contributed by atoms with Gasteiger partial charge in [0.1, 0.15) is 5.82 Å². The first-order valence-corrected chi connectivity index (χ1v) is 9.76. The third-order valence-electron chi connectivity index (χ3n) is 4.52. The molecule has 0 aliphatic rings. The molecule has 3 aromatic rings. The van der Waals surface area contributed by atoms with E-state index in [1.807, 2.05) is 0 Å². The highest BCUT2D eigenvalue weighted by atomic mass is 35.5. The summed E-state index contributed by atoms with van der Waals surface area (Å²) in [5.74, 6) is -2.72. The van der Waals surface area contributed by atoms with Gasteiger partial charge in [-0.15, -0.1) is 0 Å².